The molecule has 0 aliphatic heterocycles. The summed E-state index contributed by atoms with van der Waals surface area (Å²) in [6, 6.07) is -0.941. The molecule has 2 atom stereocenters. The molecule has 0 aliphatic rings. The van der Waals surface area contributed by atoms with E-state index >= 15 is 0 Å². The first-order valence-electron chi connectivity index (χ1n) is 10.6. The van der Waals surface area contributed by atoms with Crippen LogP contribution in [-0.2, 0) is 17.4 Å². The van der Waals surface area contributed by atoms with E-state index in [-0.39, 0.29) is 34.8 Å². The molecule has 2 unspecified atom stereocenters. The van der Waals surface area contributed by atoms with Gasteiger partial charge in [0.25, 0.3) is 0 Å². The fraction of sp³-hybridized carbons (Fsp3) is 0.909. The molecule has 2 N–H and O–H groups in total. The number of nitrogens with one attached hydrogen (secondary N) is 2. The molecule has 172 valence electrons. The summed E-state index contributed by atoms with van der Waals surface area (Å²) in [5.41, 5.74) is -0.389. The number of hydrogen-bond donors (Lipinski definition) is 2. The lowest BCUT2D eigenvalue weighted by Gasteiger charge is -2.33. The van der Waals surface area contributed by atoms with E-state index in [4.69, 9.17) is 7.80 Å². The highest BCUT2D eigenvalue weighted by atomic mass is 127. The maximum atomic E-state index is 13.1. The minimum absolute atomic E-state index is 0.00860. The van der Waals surface area contributed by atoms with Gasteiger partial charge in [-0.2, -0.15) is 0 Å². The maximum Gasteiger partial charge on any atom is 0.317 e. The van der Waals surface area contributed by atoms with Gasteiger partial charge in [0.15, 0.2) is 28.8 Å². The second kappa shape index (κ2) is 12.6. The predicted octanol–water partition coefficient (Wildman–Crippen LogP) is 4.59. The van der Waals surface area contributed by atoms with E-state index < -0.39 is 12.0 Å². The summed E-state index contributed by atoms with van der Waals surface area (Å²) in [5.74, 6) is -0.409. The quantitative estimate of drug-likeness (QED) is 0.323. The summed E-state index contributed by atoms with van der Waals surface area (Å²) in [6.45, 7) is 19.9. The van der Waals surface area contributed by atoms with Crippen molar-refractivity contribution in [1.29, 1.82) is 0 Å². The Morgan fingerprint density at radius 2 is 1.62 bits per heavy atom. The Kier molecular flexibility index (Phi) is 12.5. The van der Waals surface area contributed by atoms with Crippen molar-refractivity contribution in [2.75, 3.05) is 13.2 Å². The van der Waals surface area contributed by atoms with Crippen LogP contribution in [0.5, 0.6) is 0 Å². The molecule has 0 saturated carbocycles. The van der Waals surface area contributed by atoms with Gasteiger partial charge in [-0.3, -0.25) is 9.59 Å². The third-order valence-electron chi connectivity index (χ3n) is 4.87. The fourth-order valence-corrected chi connectivity index (χ4v) is 3.32. The summed E-state index contributed by atoms with van der Waals surface area (Å²) in [6.07, 6.45) is 2.84. The average molecular weight is 527 g/mol. The normalized spacial score (nSPS) is 15.1. The van der Waals surface area contributed by atoms with Crippen molar-refractivity contribution in [1.82, 2.24) is 10.6 Å². The van der Waals surface area contributed by atoms with Gasteiger partial charge in [0.1, 0.15) is 0 Å². The molecule has 0 bridgehead atoms. The number of ketones is 1. The Bertz CT molecular complexity index is 515. The molecule has 0 aliphatic carbocycles. The van der Waals surface area contributed by atoms with Gasteiger partial charge in [-0.05, 0) is 59.8 Å². The van der Waals surface area contributed by atoms with E-state index in [0.29, 0.717) is 13.2 Å². The molecular weight excluding hydrogens is 483 g/mol. The van der Waals surface area contributed by atoms with Crippen LogP contribution < -0.4 is 10.6 Å². The Hall–Kier alpha value is -0.250. The number of ether oxygens (including phenoxy) is 1. The van der Waals surface area contributed by atoms with Crippen LogP contribution in [0.4, 0.5) is 0 Å². The molecule has 0 spiro atoms. The molecule has 7 heteroatoms. The third kappa shape index (κ3) is 13.6. The van der Waals surface area contributed by atoms with Crippen molar-refractivity contribution >= 4 is 34.8 Å². The first kappa shape index (κ1) is 28.8. The van der Waals surface area contributed by atoms with E-state index in [9.17, 15) is 9.59 Å². The Labute approximate surface area is 192 Å². The molecule has 0 saturated heterocycles. The second-order valence-electron chi connectivity index (χ2n) is 10.4. The van der Waals surface area contributed by atoms with Gasteiger partial charge in [-0.1, -0.05) is 27.2 Å². The predicted molar refractivity (Wildman–Crippen MR) is 127 cm³/mol. The first-order valence-corrected chi connectivity index (χ1v) is 11.5. The molecule has 0 aromatic heterocycles. The lowest BCUT2D eigenvalue weighted by Crippen LogP contribution is -2.55. The van der Waals surface area contributed by atoms with Crippen LogP contribution in [0.1, 0.15) is 88.0 Å². The number of rotatable bonds is 14. The minimum Gasteiger partial charge on any atom is -0.394 e. The molecule has 0 rings (SSSR count). The smallest absolute Gasteiger partial charge is 0.317 e. The topological polar surface area (TPSA) is 76.7 Å². The number of hydrogen-bond acceptors (Lipinski definition) is 6. The highest BCUT2D eigenvalue weighted by Crippen LogP contribution is 2.21. The monoisotopic (exact) mass is 526 g/mol. The third-order valence-corrected chi connectivity index (χ3v) is 5.36. The highest BCUT2D eigenvalue weighted by molar-refractivity contribution is 14.1. The van der Waals surface area contributed by atoms with Crippen molar-refractivity contribution in [2.24, 2.45) is 5.41 Å². The first-order chi connectivity index (χ1) is 13.1. The zero-order valence-corrected chi connectivity index (χ0v) is 22.1. The summed E-state index contributed by atoms with van der Waals surface area (Å²) < 4.78 is 10.6. The second-order valence-corrected chi connectivity index (χ2v) is 10.8. The van der Waals surface area contributed by atoms with E-state index in [1.807, 2.05) is 27.7 Å². The van der Waals surface area contributed by atoms with Gasteiger partial charge in [-0.15, -0.1) is 0 Å². The van der Waals surface area contributed by atoms with Crippen molar-refractivity contribution < 1.29 is 17.4 Å². The molecule has 0 amide bonds. The van der Waals surface area contributed by atoms with Crippen LogP contribution in [0, 0.1) is 5.41 Å². The van der Waals surface area contributed by atoms with Gasteiger partial charge in [0.05, 0.1) is 24.1 Å². The zero-order valence-electron chi connectivity index (χ0n) is 19.9. The Morgan fingerprint density at radius 3 is 2.10 bits per heavy atom. The van der Waals surface area contributed by atoms with E-state index in [0.717, 1.165) is 19.3 Å². The lowest BCUT2D eigenvalue weighted by atomic mass is 9.88. The lowest BCUT2D eigenvalue weighted by molar-refractivity contribution is -0.135. The zero-order chi connectivity index (χ0) is 22.9. The van der Waals surface area contributed by atoms with Crippen molar-refractivity contribution in [3.63, 3.8) is 0 Å². The van der Waals surface area contributed by atoms with Crippen LogP contribution in [0.25, 0.3) is 0 Å². The number of halogens is 1. The molecule has 0 radical (unpaired) electrons. The van der Waals surface area contributed by atoms with Crippen molar-refractivity contribution in [2.45, 2.75) is 111 Å². The minimum atomic E-state index is -0.575. The maximum absolute atomic E-state index is 13.1. The number of carbonyl (C=O) groups excluding carboxylic acids is 2. The number of Topliss-reactive ketones (excluding diaryl/α,β-unsaturated/α-hetero) is 1. The molecular formula is C22H43IN2O4. The summed E-state index contributed by atoms with van der Waals surface area (Å²) in [5, 5.41) is 6.74. The van der Waals surface area contributed by atoms with Gasteiger partial charge in [-0.25, -0.2) is 0 Å². The van der Waals surface area contributed by atoms with Crippen LogP contribution >= 0.6 is 23.0 Å². The molecule has 0 fully saturated rings. The van der Waals surface area contributed by atoms with Gasteiger partial charge >= 0.3 is 5.97 Å². The van der Waals surface area contributed by atoms with E-state index in [1.165, 1.54) is 0 Å². The summed E-state index contributed by atoms with van der Waals surface area (Å²) in [7, 11) is 0. The highest BCUT2D eigenvalue weighted by Gasteiger charge is 2.32. The fourth-order valence-electron chi connectivity index (χ4n) is 3.14. The summed E-state index contributed by atoms with van der Waals surface area (Å²) in [4.78, 5) is 24.9. The Balaban J connectivity index is 4.90. The van der Waals surface area contributed by atoms with Crippen LogP contribution in [0.2, 0.25) is 0 Å². The van der Waals surface area contributed by atoms with E-state index in [2.05, 4.69) is 45.3 Å². The molecule has 0 aromatic rings. The summed E-state index contributed by atoms with van der Waals surface area (Å²) >= 11 is 1.57. The van der Waals surface area contributed by atoms with Gasteiger partial charge < -0.3 is 18.4 Å². The molecule has 29 heavy (non-hydrogen) atoms. The van der Waals surface area contributed by atoms with Gasteiger partial charge in [0.2, 0.25) is 0 Å². The van der Waals surface area contributed by atoms with Crippen LogP contribution in [0.15, 0.2) is 0 Å². The molecule has 0 heterocycles. The Morgan fingerprint density at radius 1 is 1.03 bits per heavy atom. The van der Waals surface area contributed by atoms with Crippen molar-refractivity contribution in [3.05, 3.63) is 0 Å². The largest absolute Gasteiger partial charge is 0.394 e. The van der Waals surface area contributed by atoms with Crippen LogP contribution in [-0.4, -0.2) is 48.1 Å². The van der Waals surface area contributed by atoms with Crippen LogP contribution in [0.3, 0.4) is 0 Å². The average Bonchev–Trinajstić information content (AvgIpc) is 2.56. The number of carbonyl (C=O) groups is 2. The standard InChI is InChI=1S/C22H43IN2O4/c1-10-11-22(8,9)25-17(14-18(26)29-23)19(27)16(2)24-15-21(6,7)12-13-28-20(3,4)5/h16-17,24-25H,10-15H2,1-9H3. The SMILES string of the molecule is CCCC(C)(C)NC(CC(=O)OI)C(=O)C(C)NCC(C)(C)CCOC(C)(C)C. The molecule has 0 aromatic carbocycles. The van der Waals surface area contributed by atoms with Crippen molar-refractivity contribution in [3.8, 4) is 0 Å². The van der Waals surface area contributed by atoms with Gasteiger partial charge in [0, 0.05) is 18.7 Å². The molecule has 6 nitrogen and oxygen atoms in total. The van der Waals surface area contributed by atoms with E-state index in [1.54, 1.807) is 23.0 Å².